The smallest absolute Gasteiger partial charge is 0.191 e. The van der Waals surface area contributed by atoms with E-state index in [1.807, 2.05) is 62.4 Å². The number of rotatable bonds is 11. The van der Waals surface area contributed by atoms with E-state index in [1.165, 1.54) is 6.26 Å². The zero-order chi connectivity index (χ0) is 21.8. The molecule has 0 bridgehead atoms. The fraction of sp³-hybridized carbons (Fsp3) is 0.409. The Kier molecular flexibility index (Phi) is 9.63. The third kappa shape index (κ3) is 9.28. The standard InChI is InChI=1S/C22H31N3O4S/c1-4-23-22(24-12-13-28-14-15-30(3,26)27)25-17-19-11-10-18(2)16-21(19)29-20-8-6-5-7-9-20/h5-11,16H,4,12-15,17H2,1-3H3,(H2,23,24,25). The van der Waals surface area contributed by atoms with Crippen LogP contribution in [0.5, 0.6) is 11.5 Å². The SMILES string of the molecule is CCNC(=NCc1ccc(C)cc1Oc1ccccc1)NCCOCCS(C)(=O)=O. The summed E-state index contributed by atoms with van der Waals surface area (Å²) in [6, 6.07) is 15.7. The monoisotopic (exact) mass is 433 g/mol. The highest BCUT2D eigenvalue weighted by atomic mass is 32.2. The molecule has 0 saturated heterocycles. The number of aliphatic imine (C=N–C) groups is 1. The van der Waals surface area contributed by atoms with E-state index in [2.05, 4.69) is 15.6 Å². The Morgan fingerprint density at radius 1 is 1.07 bits per heavy atom. The van der Waals surface area contributed by atoms with Gasteiger partial charge < -0.3 is 20.1 Å². The van der Waals surface area contributed by atoms with E-state index in [0.29, 0.717) is 25.7 Å². The molecule has 2 rings (SSSR count). The molecule has 0 unspecified atom stereocenters. The van der Waals surface area contributed by atoms with Crippen LogP contribution >= 0.6 is 0 Å². The van der Waals surface area contributed by atoms with Gasteiger partial charge in [0, 0.05) is 24.9 Å². The minimum Gasteiger partial charge on any atom is -0.457 e. The van der Waals surface area contributed by atoms with Gasteiger partial charge in [0.1, 0.15) is 21.3 Å². The van der Waals surface area contributed by atoms with Gasteiger partial charge in [0.05, 0.1) is 25.5 Å². The fourth-order valence-electron chi connectivity index (χ4n) is 2.56. The van der Waals surface area contributed by atoms with Crippen molar-refractivity contribution in [3.05, 3.63) is 59.7 Å². The first-order valence-electron chi connectivity index (χ1n) is 9.97. The lowest BCUT2D eigenvalue weighted by molar-refractivity contribution is 0.154. The summed E-state index contributed by atoms with van der Waals surface area (Å²) in [5.41, 5.74) is 2.09. The molecule has 0 atom stereocenters. The zero-order valence-corrected chi connectivity index (χ0v) is 18.7. The molecule has 0 aliphatic rings. The van der Waals surface area contributed by atoms with Crippen molar-refractivity contribution < 1.29 is 17.9 Å². The number of hydrogen-bond acceptors (Lipinski definition) is 5. The zero-order valence-electron chi connectivity index (χ0n) is 17.8. The van der Waals surface area contributed by atoms with Crippen LogP contribution in [-0.2, 0) is 21.1 Å². The number of guanidine groups is 1. The molecule has 0 spiro atoms. The van der Waals surface area contributed by atoms with Crippen molar-refractivity contribution in [2.24, 2.45) is 4.99 Å². The summed E-state index contributed by atoms with van der Waals surface area (Å²) >= 11 is 0. The average Bonchev–Trinajstić information content (AvgIpc) is 2.69. The number of ether oxygens (including phenoxy) is 2. The molecule has 0 radical (unpaired) electrons. The van der Waals surface area contributed by atoms with E-state index < -0.39 is 9.84 Å². The molecule has 8 heteroatoms. The summed E-state index contributed by atoms with van der Waals surface area (Å²) < 4.78 is 33.6. The molecule has 164 valence electrons. The number of para-hydroxylation sites is 1. The largest absolute Gasteiger partial charge is 0.457 e. The van der Waals surface area contributed by atoms with Gasteiger partial charge in [0.25, 0.3) is 0 Å². The number of benzene rings is 2. The quantitative estimate of drug-likeness (QED) is 0.322. The van der Waals surface area contributed by atoms with E-state index in [9.17, 15) is 8.42 Å². The minimum absolute atomic E-state index is 0.0266. The molecule has 0 heterocycles. The van der Waals surface area contributed by atoms with Gasteiger partial charge in [-0.05, 0) is 37.6 Å². The Hall–Kier alpha value is -2.58. The van der Waals surface area contributed by atoms with Crippen LogP contribution in [0.25, 0.3) is 0 Å². The summed E-state index contributed by atoms with van der Waals surface area (Å²) in [6.07, 6.45) is 1.20. The van der Waals surface area contributed by atoms with Gasteiger partial charge in [0.15, 0.2) is 5.96 Å². The van der Waals surface area contributed by atoms with Gasteiger partial charge in [-0.3, -0.25) is 0 Å². The van der Waals surface area contributed by atoms with E-state index in [4.69, 9.17) is 9.47 Å². The molecule has 0 aliphatic carbocycles. The van der Waals surface area contributed by atoms with Crippen LogP contribution in [0.2, 0.25) is 0 Å². The maximum absolute atomic E-state index is 11.1. The van der Waals surface area contributed by atoms with E-state index in [0.717, 1.165) is 29.2 Å². The van der Waals surface area contributed by atoms with Crippen LogP contribution in [-0.4, -0.2) is 52.7 Å². The molecular formula is C22H31N3O4S. The van der Waals surface area contributed by atoms with Crippen LogP contribution < -0.4 is 15.4 Å². The third-order valence-electron chi connectivity index (χ3n) is 4.08. The van der Waals surface area contributed by atoms with Gasteiger partial charge in [-0.25, -0.2) is 13.4 Å². The van der Waals surface area contributed by atoms with Crippen LogP contribution in [0, 0.1) is 6.92 Å². The molecule has 0 aliphatic heterocycles. The van der Waals surface area contributed by atoms with Crippen LogP contribution in [0.1, 0.15) is 18.1 Å². The molecular weight excluding hydrogens is 402 g/mol. The molecule has 0 fully saturated rings. The van der Waals surface area contributed by atoms with Gasteiger partial charge in [-0.2, -0.15) is 0 Å². The highest BCUT2D eigenvalue weighted by Crippen LogP contribution is 2.27. The van der Waals surface area contributed by atoms with Crippen LogP contribution in [0.4, 0.5) is 0 Å². The van der Waals surface area contributed by atoms with Crippen molar-refractivity contribution >= 4 is 15.8 Å². The van der Waals surface area contributed by atoms with Crippen LogP contribution in [0.15, 0.2) is 53.5 Å². The van der Waals surface area contributed by atoms with Crippen molar-refractivity contribution in [1.82, 2.24) is 10.6 Å². The average molecular weight is 434 g/mol. The fourth-order valence-corrected chi connectivity index (χ4v) is 2.98. The van der Waals surface area contributed by atoms with Crippen LogP contribution in [0.3, 0.4) is 0 Å². The number of sulfone groups is 1. The van der Waals surface area contributed by atoms with E-state index in [-0.39, 0.29) is 12.4 Å². The third-order valence-corrected chi connectivity index (χ3v) is 4.99. The maximum Gasteiger partial charge on any atom is 0.191 e. The summed E-state index contributed by atoms with van der Waals surface area (Å²) in [5.74, 6) is 2.25. The molecule has 0 saturated carbocycles. The maximum atomic E-state index is 11.1. The Morgan fingerprint density at radius 2 is 1.83 bits per heavy atom. The second-order valence-corrected chi connectivity index (χ2v) is 9.15. The van der Waals surface area contributed by atoms with Crippen molar-refractivity contribution in [2.75, 3.05) is 38.3 Å². The van der Waals surface area contributed by atoms with Crippen molar-refractivity contribution in [1.29, 1.82) is 0 Å². The first kappa shape index (κ1) is 23.7. The number of nitrogens with one attached hydrogen (secondary N) is 2. The summed E-state index contributed by atoms with van der Waals surface area (Å²) in [4.78, 5) is 4.64. The van der Waals surface area contributed by atoms with Crippen molar-refractivity contribution in [3.63, 3.8) is 0 Å². The predicted octanol–water partition coefficient (Wildman–Crippen LogP) is 2.90. The second-order valence-electron chi connectivity index (χ2n) is 6.89. The molecule has 0 amide bonds. The van der Waals surface area contributed by atoms with Crippen molar-refractivity contribution in [3.8, 4) is 11.5 Å². The summed E-state index contributed by atoms with van der Waals surface area (Å²) in [7, 11) is -3.00. The minimum atomic E-state index is -3.00. The Bertz CT molecular complexity index is 915. The highest BCUT2D eigenvalue weighted by Gasteiger charge is 2.07. The van der Waals surface area contributed by atoms with Crippen molar-refractivity contribution in [2.45, 2.75) is 20.4 Å². The van der Waals surface area contributed by atoms with E-state index in [1.54, 1.807) is 0 Å². The summed E-state index contributed by atoms with van der Waals surface area (Å²) in [6.45, 7) is 6.31. The van der Waals surface area contributed by atoms with Gasteiger partial charge in [-0.15, -0.1) is 0 Å². The van der Waals surface area contributed by atoms with E-state index >= 15 is 0 Å². The first-order chi connectivity index (χ1) is 14.4. The molecule has 0 aromatic heterocycles. The molecule has 2 N–H and O–H groups in total. The topological polar surface area (TPSA) is 89.0 Å². The first-order valence-corrected chi connectivity index (χ1v) is 12.0. The number of aryl methyl sites for hydroxylation is 1. The van der Waals surface area contributed by atoms with Gasteiger partial charge in [0.2, 0.25) is 0 Å². The Labute approximate surface area is 179 Å². The second kappa shape index (κ2) is 12.2. The Morgan fingerprint density at radius 3 is 2.53 bits per heavy atom. The highest BCUT2D eigenvalue weighted by molar-refractivity contribution is 7.90. The number of nitrogens with zero attached hydrogens (tertiary/aromatic N) is 1. The lowest BCUT2D eigenvalue weighted by atomic mass is 10.1. The molecule has 2 aromatic carbocycles. The molecule has 7 nitrogen and oxygen atoms in total. The van der Waals surface area contributed by atoms with Gasteiger partial charge >= 0.3 is 0 Å². The number of hydrogen-bond donors (Lipinski definition) is 2. The Balaban J connectivity index is 1.95. The molecule has 30 heavy (non-hydrogen) atoms. The lowest BCUT2D eigenvalue weighted by Gasteiger charge is -2.13. The summed E-state index contributed by atoms with van der Waals surface area (Å²) in [5, 5.41) is 6.39. The molecule has 2 aromatic rings. The normalized spacial score (nSPS) is 11.9. The van der Waals surface area contributed by atoms with Gasteiger partial charge in [-0.1, -0.05) is 30.3 Å². The lowest BCUT2D eigenvalue weighted by Crippen LogP contribution is -2.39. The predicted molar refractivity (Wildman–Crippen MR) is 121 cm³/mol.